The Labute approximate surface area is 154 Å². The van der Waals surface area contributed by atoms with Gasteiger partial charge in [-0.3, -0.25) is 10.1 Å². The third-order valence-corrected chi connectivity index (χ3v) is 5.13. The van der Waals surface area contributed by atoms with Gasteiger partial charge in [0, 0.05) is 21.7 Å². The number of hydrogen-bond donors (Lipinski definition) is 0. The lowest BCUT2D eigenvalue weighted by Gasteiger charge is -2.41. The van der Waals surface area contributed by atoms with Crippen molar-refractivity contribution in [2.24, 2.45) is 5.41 Å². The van der Waals surface area contributed by atoms with Crippen LogP contribution in [0.5, 0.6) is 0 Å². The van der Waals surface area contributed by atoms with Crippen molar-refractivity contribution in [2.75, 3.05) is 6.61 Å². The summed E-state index contributed by atoms with van der Waals surface area (Å²) in [5.41, 5.74) is 1.24. The second-order valence-corrected chi connectivity index (χ2v) is 7.65. The van der Waals surface area contributed by atoms with Gasteiger partial charge in [0.15, 0.2) is 0 Å². The van der Waals surface area contributed by atoms with Gasteiger partial charge in [0.25, 0.3) is 5.69 Å². The number of halogens is 1. The highest BCUT2D eigenvalue weighted by molar-refractivity contribution is 14.1. The molecule has 1 saturated heterocycles. The normalized spacial score (nSPS) is 20.0. The van der Waals surface area contributed by atoms with Gasteiger partial charge < -0.3 is 9.31 Å². The fourth-order valence-corrected chi connectivity index (χ4v) is 3.55. The molecule has 1 heterocycles. The number of benzene rings is 2. The standard InChI is InChI=1S/C17H17BINO4/c1-17(2)11-23-18(13-8-4-5-9-14(13)19)24-16(17)12-7-3-6-10-15(12)20(21)22/h3-10,16H,11H2,1-2H3. The summed E-state index contributed by atoms with van der Waals surface area (Å²) in [6.45, 7) is 4.46. The average molecular weight is 437 g/mol. The maximum atomic E-state index is 11.4. The van der Waals surface area contributed by atoms with Crippen LogP contribution in [0.25, 0.3) is 0 Å². The van der Waals surface area contributed by atoms with Crippen LogP contribution in [0.3, 0.4) is 0 Å². The monoisotopic (exact) mass is 437 g/mol. The van der Waals surface area contributed by atoms with Crippen LogP contribution in [0, 0.1) is 19.1 Å². The zero-order chi connectivity index (χ0) is 17.3. The molecule has 1 aliphatic rings. The number of nitro benzene ring substituents is 1. The lowest BCUT2D eigenvalue weighted by atomic mass is 9.72. The first-order valence-corrected chi connectivity index (χ1v) is 8.73. The van der Waals surface area contributed by atoms with Crippen LogP contribution < -0.4 is 5.46 Å². The van der Waals surface area contributed by atoms with Crippen molar-refractivity contribution >= 4 is 40.9 Å². The molecule has 1 fully saturated rings. The molecule has 0 amide bonds. The van der Waals surface area contributed by atoms with E-state index in [1.165, 1.54) is 6.07 Å². The topological polar surface area (TPSA) is 61.6 Å². The fourth-order valence-electron chi connectivity index (χ4n) is 2.91. The van der Waals surface area contributed by atoms with E-state index < -0.39 is 13.2 Å². The van der Waals surface area contributed by atoms with Crippen LogP contribution in [-0.4, -0.2) is 18.6 Å². The fraction of sp³-hybridized carbons (Fsp3) is 0.294. The Kier molecular flexibility index (Phi) is 4.94. The summed E-state index contributed by atoms with van der Waals surface area (Å²) in [6, 6.07) is 14.6. The van der Waals surface area contributed by atoms with E-state index in [2.05, 4.69) is 22.6 Å². The molecule has 0 radical (unpaired) electrons. The van der Waals surface area contributed by atoms with Crippen LogP contribution in [0.15, 0.2) is 48.5 Å². The van der Waals surface area contributed by atoms with Crippen molar-refractivity contribution in [2.45, 2.75) is 20.0 Å². The quantitative estimate of drug-likeness (QED) is 0.318. The van der Waals surface area contributed by atoms with Gasteiger partial charge in [0.05, 0.1) is 16.6 Å². The van der Waals surface area contributed by atoms with Crippen LogP contribution in [0.1, 0.15) is 25.5 Å². The molecule has 5 nitrogen and oxygen atoms in total. The maximum absolute atomic E-state index is 11.4. The number of nitro groups is 1. The molecule has 2 aromatic rings. The molecule has 1 unspecified atom stereocenters. The highest BCUT2D eigenvalue weighted by atomic mass is 127. The molecular weight excluding hydrogens is 420 g/mol. The Morgan fingerprint density at radius 2 is 1.88 bits per heavy atom. The van der Waals surface area contributed by atoms with E-state index in [9.17, 15) is 10.1 Å². The second-order valence-electron chi connectivity index (χ2n) is 6.49. The van der Waals surface area contributed by atoms with E-state index in [1.54, 1.807) is 18.2 Å². The Bertz CT molecular complexity index is 768. The summed E-state index contributed by atoms with van der Waals surface area (Å²) in [5.74, 6) is 0. The minimum absolute atomic E-state index is 0.0824. The van der Waals surface area contributed by atoms with Gasteiger partial charge in [-0.1, -0.05) is 44.2 Å². The van der Waals surface area contributed by atoms with E-state index in [4.69, 9.17) is 9.31 Å². The van der Waals surface area contributed by atoms with Crippen molar-refractivity contribution in [1.82, 2.24) is 0 Å². The van der Waals surface area contributed by atoms with Gasteiger partial charge in [-0.05, 0) is 40.2 Å². The summed E-state index contributed by atoms with van der Waals surface area (Å²) in [4.78, 5) is 11.0. The van der Waals surface area contributed by atoms with Crippen LogP contribution in [0.4, 0.5) is 5.69 Å². The first kappa shape index (κ1) is 17.4. The molecule has 1 aliphatic heterocycles. The predicted molar refractivity (Wildman–Crippen MR) is 101 cm³/mol. The van der Waals surface area contributed by atoms with Crippen LogP contribution in [-0.2, 0) is 9.31 Å². The third-order valence-electron chi connectivity index (χ3n) is 4.15. The summed E-state index contributed by atoms with van der Waals surface area (Å²) >= 11 is 2.24. The van der Waals surface area contributed by atoms with E-state index in [-0.39, 0.29) is 16.0 Å². The van der Waals surface area contributed by atoms with Crippen molar-refractivity contribution in [3.8, 4) is 0 Å². The smallest absolute Gasteiger partial charge is 0.407 e. The molecule has 7 heteroatoms. The molecule has 124 valence electrons. The second kappa shape index (κ2) is 6.82. The highest BCUT2D eigenvalue weighted by Gasteiger charge is 2.44. The molecule has 24 heavy (non-hydrogen) atoms. The molecule has 1 atom stereocenters. The average Bonchev–Trinajstić information content (AvgIpc) is 2.55. The molecule has 0 saturated carbocycles. The highest BCUT2D eigenvalue weighted by Crippen LogP contribution is 2.43. The molecule has 0 bridgehead atoms. The lowest BCUT2D eigenvalue weighted by Crippen LogP contribution is -2.49. The minimum atomic E-state index is -0.532. The van der Waals surface area contributed by atoms with Gasteiger partial charge in [0.1, 0.15) is 0 Å². The molecule has 2 aromatic carbocycles. The Balaban J connectivity index is 1.99. The number of rotatable bonds is 3. The Hall–Kier alpha value is -1.45. The summed E-state index contributed by atoms with van der Waals surface area (Å²) in [6.07, 6.45) is -0.422. The molecule has 0 N–H and O–H groups in total. The minimum Gasteiger partial charge on any atom is -0.407 e. The largest absolute Gasteiger partial charge is 0.495 e. The number of nitrogens with zero attached hydrogens (tertiary/aromatic N) is 1. The zero-order valence-electron chi connectivity index (χ0n) is 13.4. The maximum Gasteiger partial charge on any atom is 0.495 e. The lowest BCUT2D eigenvalue weighted by molar-refractivity contribution is -0.386. The molecular formula is C17H17BINO4. The number of para-hydroxylation sites is 1. The summed E-state index contributed by atoms with van der Waals surface area (Å²) in [5, 5.41) is 11.4. The zero-order valence-corrected chi connectivity index (χ0v) is 15.6. The van der Waals surface area contributed by atoms with Gasteiger partial charge in [-0.25, -0.2) is 0 Å². The summed E-state index contributed by atoms with van der Waals surface area (Å²) < 4.78 is 13.2. The van der Waals surface area contributed by atoms with E-state index >= 15 is 0 Å². The van der Waals surface area contributed by atoms with Gasteiger partial charge >= 0.3 is 7.12 Å². The molecule has 3 rings (SSSR count). The van der Waals surface area contributed by atoms with Gasteiger partial charge in [0.2, 0.25) is 0 Å². The molecule has 0 aromatic heterocycles. The Morgan fingerprint density at radius 1 is 1.21 bits per heavy atom. The van der Waals surface area contributed by atoms with E-state index in [0.717, 1.165) is 9.03 Å². The Morgan fingerprint density at radius 3 is 2.58 bits per heavy atom. The van der Waals surface area contributed by atoms with E-state index in [0.29, 0.717) is 12.2 Å². The predicted octanol–water partition coefficient (Wildman–Crippen LogP) is 3.71. The van der Waals surface area contributed by atoms with Crippen molar-refractivity contribution in [1.29, 1.82) is 0 Å². The third kappa shape index (κ3) is 3.33. The van der Waals surface area contributed by atoms with Crippen molar-refractivity contribution in [3.05, 3.63) is 67.8 Å². The summed E-state index contributed by atoms with van der Waals surface area (Å²) in [7, 11) is -0.532. The number of hydrogen-bond acceptors (Lipinski definition) is 4. The first-order chi connectivity index (χ1) is 11.4. The van der Waals surface area contributed by atoms with E-state index in [1.807, 2.05) is 38.1 Å². The van der Waals surface area contributed by atoms with Crippen molar-refractivity contribution < 1.29 is 14.2 Å². The SMILES string of the molecule is CC1(C)COB(c2ccccc2I)OC1c1ccccc1[N+](=O)[O-]. The van der Waals surface area contributed by atoms with Gasteiger partial charge in [-0.2, -0.15) is 0 Å². The first-order valence-electron chi connectivity index (χ1n) is 7.65. The molecule has 0 spiro atoms. The van der Waals surface area contributed by atoms with Crippen LogP contribution in [0.2, 0.25) is 0 Å². The van der Waals surface area contributed by atoms with Crippen LogP contribution >= 0.6 is 22.6 Å². The van der Waals surface area contributed by atoms with Crippen molar-refractivity contribution in [3.63, 3.8) is 0 Å². The van der Waals surface area contributed by atoms with Gasteiger partial charge in [-0.15, -0.1) is 0 Å². The molecule has 0 aliphatic carbocycles.